The molecule has 1 aliphatic carbocycles. The van der Waals surface area contributed by atoms with Crippen molar-refractivity contribution >= 4 is 21.6 Å². The van der Waals surface area contributed by atoms with Crippen molar-refractivity contribution in [2.75, 3.05) is 7.11 Å². The van der Waals surface area contributed by atoms with Gasteiger partial charge in [0.15, 0.2) is 23.5 Å². The fourth-order valence-corrected chi connectivity index (χ4v) is 3.87. The molecule has 1 aromatic rings. The van der Waals surface area contributed by atoms with Gasteiger partial charge in [-0.25, -0.2) is 0 Å². The molecule has 0 amide bonds. The van der Waals surface area contributed by atoms with Gasteiger partial charge >= 0.3 is 0 Å². The van der Waals surface area contributed by atoms with Crippen molar-refractivity contribution in [1.29, 1.82) is 5.26 Å². The molecule has 4 rings (SSSR count). The fourth-order valence-electron chi connectivity index (χ4n) is 3.41. The van der Waals surface area contributed by atoms with Crippen molar-refractivity contribution in [3.8, 4) is 17.6 Å². The van der Waals surface area contributed by atoms with Crippen molar-refractivity contribution in [3.63, 3.8) is 0 Å². The lowest BCUT2D eigenvalue weighted by atomic mass is 9.77. The number of phenolic OH excluding ortho intramolecular Hbond substituents is 1. The molecule has 0 fully saturated rings. The van der Waals surface area contributed by atoms with Gasteiger partial charge in [0.05, 0.1) is 17.3 Å². The molecule has 3 aliphatic rings. The Morgan fingerprint density at radius 2 is 2.19 bits per heavy atom. The SMILES string of the molecule is COc1cc(C2C3=CC=C4C=CN=C4C3OC(N)=C2C#N)cc(Br)c1O. The second-order valence-corrected chi connectivity index (χ2v) is 6.85. The fraction of sp³-hybridized carbons (Fsp3) is 0.158. The first kappa shape index (κ1) is 16.5. The predicted octanol–water partition coefficient (Wildman–Crippen LogP) is 3.17. The summed E-state index contributed by atoms with van der Waals surface area (Å²) in [4.78, 5) is 4.39. The standard InChI is InChI=1S/C19H14BrN3O3/c1-25-14-7-10(6-13(20)17(14)24)15-11-3-2-9-4-5-23-16(9)18(11)26-19(22)12(15)8-21/h2-7,15,18,24H,22H2,1H3. The molecule has 1 aromatic carbocycles. The monoisotopic (exact) mass is 411 g/mol. The highest BCUT2D eigenvalue weighted by molar-refractivity contribution is 9.10. The molecule has 26 heavy (non-hydrogen) atoms. The molecule has 0 radical (unpaired) electrons. The molecule has 0 saturated carbocycles. The maximum atomic E-state index is 10.1. The number of methoxy groups -OCH3 is 1. The van der Waals surface area contributed by atoms with E-state index in [4.69, 9.17) is 15.2 Å². The van der Waals surface area contributed by atoms with Gasteiger partial charge in [-0.05, 0) is 45.3 Å². The van der Waals surface area contributed by atoms with E-state index in [9.17, 15) is 10.4 Å². The van der Waals surface area contributed by atoms with Gasteiger partial charge in [0.25, 0.3) is 0 Å². The zero-order valence-electron chi connectivity index (χ0n) is 13.7. The highest BCUT2D eigenvalue weighted by Crippen LogP contribution is 2.46. The van der Waals surface area contributed by atoms with Crippen LogP contribution < -0.4 is 10.5 Å². The average molecular weight is 412 g/mol. The zero-order valence-corrected chi connectivity index (χ0v) is 15.3. The number of fused-ring (bicyclic) bond motifs is 3. The maximum absolute atomic E-state index is 10.1. The topological polar surface area (TPSA) is 101 Å². The normalized spacial score (nSPS) is 23.2. The van der Waals surface area contributed by atoms with Crippen LogP contribution in [0, 0.1) is 11.3 Å². The van der Waals surface area contributed by atoms with E-state index in [2.05, 4.69) is 27.0 Å². The Kier molecular flexibility index (Phi) is 3.85. The lowest BCUT2D eigenvalue weighted by Gasteiger charge is -2.35. The summed E-state index contributed by atoms with van der Waals surface area (Å²) in [6, 6.07) is 5.62. The summed E-state index contributed by atoms with van der Waals surface area (Å²) in [5, 5.41) is 19.8. The van der Waals surface area contributed by atoms with Gasteiger partial charge < -0.3 is 20.3 Å². The quantitative estimate of drug-likeness (QED) is 0.777. The van der Waals surface area contributed by atoms with Crippen LogP contribution in [0.15, 0.2) is 68.6 Å². The van der Waals surface area contributed by atoms with Crippen molar-refractivity contribution in [2.24, 2.45) is 10.7 Å². The number of hydrogen-bond acceptors (Lipinski definition) is 6. The number of benzene rings is 1. The summed E-state index contributed by atoms with van der Waals surface area (Å²) in [6.45, 7) is 0. The Morgan fingerprint density at radius 3 is 2.92 bits per heavy atom. The van der Waals surface area contributed by atoms with E-state index in [1.807, 2.05) is 18.2 Å². The largest absolute Gasteiger partial charge is 0.503 e. The van der Waals surface area contributed by atoms with E-state index >= 15 is 0 Å². The van der Waals surface area contributed by atoms with Crippen LogP contribution in [-0.4, -0.2) is 24.0 Å². The summed E-state index contributed by atoms with van der Waals surface area (Å²) in [5.74, 6) is -0.0374. The molecule has 2 unspecified atom stereocenters. The molecule has 0 spiro atoms. The first-order valence-electron chi connectivity index (χ1n) is 7.84. The number of allylic oxidation sites excluding steroid dienone is 4. The van der Waals surface area contributed by atoms with Crippen molar-refractivity contribution in [1.82, 2.24) is 0 Å². The van der Waals surface area contributed by atoms with Gasteiger partial charge in [-0.3, -0.25) is 4.99 Å². The summed E-state index contributed by atoms with van der Waals surface area (Å²) >= 11 is 3.34. The third-order valence-electron chi connectivity index (χ3n) is 4.63. The Balaban J connectivity index is 1.92. The molecule has 2 aliphatic heterocycles. The summed E-state index contributed by atoms with van der Waals surface area (Å²) in [5.41, 5.74) is 9.75. The Bertz CT molecular complexity index is 1010. The van der Waals surface area contributed by atoms with E-state index in [0.29, 0.717) is 15.8 Å². The molecule has 7 heteroatoms. The number of hydrogen-bond donors (Lipinski definition) is 2. The van der Waals surface area contributed by atoms with Crippen molar-refractivity contribution in [2.45, 2.75) is 12.0 Å². The lowest BCUT2D eigenvalue weighted by molar-refractivity contribution is 0.173. The molecule has 0 saturated heterocycles. The van der Waals surface area contributed by atoms with Crippen LogP contribution in [0.4, 0.5) is 0 Å². The summed E-state index contributed by atoms with van der Waals surface area (Å²) < 4.78 is 11.6. The number of aromatic hydroxyl groups is 1. The molecule has 3 N–H and O–H groups in total. The second kappa shape index (κ2) is 6.07. The molecule has 0 aromatic heterocycles. The molecule has 2 atom stereocenters. The van der Waals surface area contributed by atoms with Crippen LogP contribution in [-0.2, 0) is 4.74 Å². The van der Waals surface area contributed by atoms with Gasteiger partial charge in [0.1, 0.15) is 11.6 Å². The minimum atomic E-state index is -0.453. The molecule has 0 bridgehead atoms. The van der Waals surface area contributed by atoms with Crippen LogP contribution in [0.1, 0.15) is 11.5 Å². The van der Waals surface area contributed by atoms with E-state index < -0.39 is 12.0 Å². The second-order valence-electron chi connectivity index (χ2n) is 5.99. The van der Waals surface area contributed by atoms with Crippen LogP contribution in [0.3, 0.4) is 0 Å². The molecule has 130 valence electrons. The van der Waals surface area contributed by atoms with Crippen LogP contribution in [0.5, 0.6) is 11.5 Å². The number of phenols is 1. The van der Waals surface area contributed by atoms with E-state index in [1.165, 1.54) is 7.11 Å². The summed E-state index contributed by atoms with van der Waals surface area (Å²) in [6.07, 6.45) is 7.06. The predicted molar refractivity (Wildman–Crippen MR) is 99.5 cm³/mol. The number of halogens is 1. The zero-order chi connectivity index (χ0) is 18.4. The first-order valence-corrected chi connectivity index (χ1v) is 8.63. The number of nitriles is 1. The minimum Gasteiger partial charge on any atom is -0.503 e. The van der Waals surface area contributed by atoms with Crippen LogP contribution in [0.25, 0.3) is 0 Å². The maximum Gasteiger partial charge on any atom is 0.200 e. The Hall–Kier alpha value is -2.98. The van der Waals surface area contributed by atoms with Gasteiger partial charge in [-0.2, -0.15) is 5.26 Å². The van der Waals surface area contributed by atoms with Gasteiger partial charge in [-0.15, -0.1) is 0 Å². The number of nitrogens with zero attached hydrogens (tertiary/aromatic N) is 2. The van der Waals surface area contributed by atoms with E-state index in [-0.39, 0.29) is 11.6 Å². The van der Waals surface area contributed by atoms with Gasteiger partial charge in [0, 0.05) is 17.7 Å². The number of ether oxygens (including phenoxy) is 2. The Labute approximate surface area is 158 Å². The third kappa shape index (κ3) is 2.34. The highest BCUT2D eigenvalue weighted by Gasteiger charge is 2.41. The van der Waals surface area contributed by atoms with Gasteiger partial charge in [-0.1, -0.05) is 12.2 Å². The minimum absolute atomic E-state index is 0.000470. The number of aliphatic imine (C=N–C) groups is 1. The molecular formula is C19H14BrN3O3. The molecule has 2 heterocycles. The lowest BCUT2D eigenvalue weighted by Crippen LogP contribution is -2.37. The van der Waals surface area contributed by atoms with Crippen molar-refractivity contribution in [3.05, 3.63) is 69.2 Å². The molecular weight excluding hydrogens is 398 g/mol. The Morgan fingerprint density at radius 1 is 1.38 bits per heavy atom. The summed E-state index contributed by atoms with van der Waals surface area (Å²) in [7, 11) is 1.47. The molecule has 6 nitrogen and oxygen atoms in total. The van der Waals surface area contributed by atoms with Crippen molar-refractivity contribution < 1.29 is 14.6 Å². The highest BCUT2D eigenvalue weighted by atomic mass is 79.9. The number of rotatable bonds is 2. The smallest absolute Gasteiger partial charge is 0.200 e. The van der Waals surface area contributed by atoms with Gasteiger partial charge in [0.2, 0.25) is 0 Å². The first-order chi connectivity index (χ1) is 12.5. The van der Waals surface area contributed by atoms with E-state index in [0.717, 1.165) is 22.4 Å². The van der Waals surface area contributed by atoms with Crippen LogP contribution in [0.2, 0.25) is 0 Å². The average Bonchev–Trinajstić information content (AvgIpc) is 3.12. The van der Waals surface area contributed by atoms with E-state index in [1.54, 1.807) is 18.3 Å². The third-order valence-corrected chi connectivity index (χ3v) is 5.23. The van der Waals surface area contributed by atoms with Crippen LogP contribution >= 0.6 is 15.9 Å². The number of nitrogens with two attached hydrogens (primary N) is 1.